The third kappa shape index (κ3) is 2.50. The normalized spacial score (nSPS) is 10.9. The first-order valence-electron chi connectivity index (χ1n) is 5.98. The van der Waals surface area contributed by atoms with Gasteiger partial charge in [0.05, 0.1) is 5.52 Å². The van der Waals surface area contributed by atoms with E-state index in [0.29, 0.717) is 33.7 Å². The zero-order chi connectivity index (χ0) is 15.0. The Kier molecular flexibility index (Phi) is 3.19. The largest absolute Gasteiger partial charge is 0.477 e. The summed E-state index contributed by atoms with van der Waals surface area (Å²) in [5.41, 5.74) is 0.257. The van der Waals surface area contributed by atoms with Crippen molar-refractivity contribution in [3.8, 4) is 0 Å². The van der Waals surface area contributed by atoms with Crippen LogP contribution >= 0.6 is 11.6 Å². The number of pyridine rings is 1. The van der Waals surface area contributed by atoms with E-state index in [2.05, 4.69) is 20.2 Å². The van der Waals surface area contributed by atoms with Gasteiger partial charge in [0, 0.05) is 16.8 Å². The molecule has 0 aliphatic heterocycles. The van der Waals surface area contributed by atoms with Gasteiger partial charge in [-0.05, 0) is 23.8 Å². The number of hydrogen-bond donors (Lipinski definition) is 3. The van der Waals surface area contributed by atoms with Gasteiger partial charge in [-0.15, -0.1) is 0 Å². The number of carboxylic acid groups (broad SMARTS) is 1. The van der Waals surface area contributed by atoms with Gasteiger partial charge in [0.25, 0.3) is 5.56 Å². The predicted molar refractivity (Wildman–Crippen MR) is 75.7 cm³/mol. The number of aromatic nitrogens is 4. The lowest BCUT2D eigenvalue weighted by Gasteiger charge is -2.07. The number of halogens is 1. The van der Waals surface area contributed by atoms with Crippen molar-refractivity contribution in [2.45, 2.75) is 6.42 Å². The van der Waals surface area contributed by atoms with Gasteiger partial charge in [-0.2, -0.15) is 5.10 Å². The standard InChI is InChI=1S/C13H9ClN4O3/c14-8-1-6-3-9(13(20)21)12(19)17-11(6)7(2-8)4-10-15-5-16-18-10/h1-3,5H,4H2,(H,17,19)(H,20,21)(H,15,16,18). The van der Waals surface area contributed by atoms with E-state index >= 15 is 0 Å². The van der Waals surface area contributed by atoms with E-state index in [-0.39, 0.29) is 5.56 Å². The van der Waals surface area contributed by atoms with Gasteiger partial charge in [0.1, 0.15) is 11.9 Å². The van der Waals surface area contributed by atoms with Crippen molar-refractivity contribution >= 4 is 28.5 Å². The zero-order valence-corrected chi connectivity index (χ0v) is 11.3. The van der Waals surface area contributed by atoms with E-state index in [4.69, 9.17) is 16.7 Å². The maximum Gasteiger partial charge on any atom is 0.341 e. The molecular formula is C13H9ClN4O3. The number of carboxylic acids is 1. The van der Waals surface area contributed by atoms with Crippen molar-refractivity contribution in [3.05, 3.63) is 56.9 Å². The highest BCUT2D eigenvalue weighted by Gasteiger charge is 2.13. The van der Waals surface area contributed by atoms with Crippen LogP contribution in [0.25, 0.3) is 10.9 Å². The van der Waals surface area contributed by atoms with Gasteiger partial charge in [-0.3, -0.25) is 9.89 Å². The van der Waals surface area contributed by atoms with Crippen LogP contribution in [0.1, 0.15) is 21.7 Å². The second-order valence-corrected chi connectivity index (χ2v) is 4.87. The molecule has 0 saturated heterocycles. The second kappa shape index (κ2) is 5.02. The molecule has 0 amide bonds. The molecular weight excluding hydrogens is 296 g/mol. The molecule has 3 N–H and O–H groups in total. The molecule has 21 heavy (non-hydrogen) atoms. The summed E-state index contributed by atoms with van der Waals surface area (Å²) in [5.74, 6) is -0.740. The summed E-state index contributed by atoms with van der Waals surface area (Å²) in [5, 5.41) is 16.5. The minimum atomic E-state index is -1.28. The number of aromatic amines is 2. The fraction of sp³-hybridized carbons (Fsp3) is 0.0769. The maximum absolute atomic E-state index is 11.8. The first-order valence-corrected chi connectivity index (χ1v) is 6.36. The third-order valence-corrected chi connectivity index (χ3v) is 3.26. The Morgan fingerprint density at radius 3 is 2.81 bits per heavy atom. The fourth-order valence-electron chi connectivity index (χ4n) is 2.14. The molecule has 8 heteroatoms. The number of rotatable bonds is 3. The molecule has 0 saturated carbocycles. The average Bonchev–Trinajstić information content (AvgIpc) is 2.91. The number of aromatic carboxylic acids is 1. The van der Waals surface area contributed by atoms with Crippen LogP contribution in [-0.4, -0.2) is 31.2 Å². The first-order chi connectivity index (χ1) is 10.0. The molecule has 0 radical (unpaired) electrons. The topological polar surface area (TPSA) is 112 Å². The molecule has 1 aromatic carbocycles. The number of fused-ring (bicyclic) bond motifs is 1. The van der Waals surface area contributed by atoms with Gasteiger partial charge >= 0.3 is 5.97 Å². The minimum absolute atomic E-state index is 0.325. The minimum Gasteiger partial charge on any atom is -0.477 e. The third-order valence-electron chi connectivity index (χ3n) is 3.04. The summed E-state index contributed by atoms with van der Waals surface area (Å²) in [4.78, 5) is 29.4. The van der Waals surface area contributed by atoms with Crippen molar-refractivity contribution < 1.29 is 9.90 Å². The molecule has 2 aromatic heterocycles. The lowest BCUT2D eigenvalue weighted by atomic mass is 10.1. The average molecular weight is 305 g/mol. The summed E-state index contributed by atoms with van der Waals surface area (Å²) in [6, 6.07) is 4.60. The maximum atomic E-state index is 11.8. The van der Waals surface area contributed by atoms with Crippen molar-refractivity contribution in [3.63, 3.8) is 0 Å². The predicted octanol–water partition coefficient (Wildman–Crippen LogP) is 1.59. The van der Waals surface area contributed by atoms with E-state index < -0.39 is 11.5 Å². The number of hydrogen-bond acceptors (Lipinski definition) is 4. The van der Waals surface area contributed by atoms with Crippen LogP contribution in [-0.2, 0) is 6.42 Å². The number of H-pyrrole nitrogens is 2. The van der Waals surface area contributed by atoms with E-state index in [1.807, 2.05) is 0 Å². The smallest absolute Gasteiger partial charge is 0.341 e. The van der Waals surface area contributed by atoms with E-state index in [1.54, 1.807) is 12.1 Å². The van der Waals surface area contributed by atoms with Gasteiger partial charge in [-0.25, -0.2) is 9.78 Å². The van der Waals surface area contributed by atoms with Crippen LogP contribution in [0.3, 0.4) is 0 Å². The first kappa shape index (κ1) is 13.3. The number of carbonyl (C=O) groups is 1. The van der Waals surface area contributed by atoms with Gasteiger partial charge in [0.15, 0.2) is 5.82 Å². The number of nitrogens with one attached hydrogen (secondary N) is 2. The van der Waals surface area contributed by atoms with Crippen molar-refractivity contribution in [1.29, 1.82) is 0 Å². The molecule has 7 nitrogen and oxygen atoms in total. The number of benzene rings is 1. The summed E-state index contributed by atoms with van der Waals surface area (Å²) >= 11 is 6.05. The molecule has 3 aromatic rings. The molecule has 0 fully saturated rings. The summed E-state index contributed by atoms with van der Waals surface area (Å²) in [6.45, 7) is 0. The highest BCUT2D eigenvalue weighted by Crippen LogP contribution is 2.23. The Hall–Kier alpha value is -2.67. The Morgan fingerprint density at radius 1 is 1.33 bits per heavy atom. The lowest BCUT2D eigenvalue weighted by molar-refractivity contribution is 0.0695. The molecule has 0 spiro atoms. The Bertz CT molecular complexity index is 886. The Labute approximate surface area is 122 Å². The van der Waals surface area contributed by atoms with Crippen LogP contribution in [0.4, 0.5) is 0 Å². The monoisotopic (exact) mass is 304 g/mol. The summed E-state index contributed by atoms with van der Waals surface area (Å²) in [7, 11) is 0. The van der Waals surface area contributed by atoms with E-state index in [9.17, 15) is 9.59 Å². The molecule has 0 bridgehead atoms. The molecule has 0 unspecified atom stereocenters. The Morgan fingerprint density at radius 2 is 2.14 bits per heavy atom. The molecule has 0 aliphatic carbocycles. The van der Waals surface area contributed by atoms with Crippen LogP contribution in [0.5, 0.6) is 0 Å². The number of nitrogens with zero attached hydrogens (tertiary/aromatic N) is 2. The van der Waals surface area contributed by atoms with Crippen LogP contribution < -0.4 is 5.56 Å². The molecule has 106 valence electrons. The van der Waals surface area contributed by atoms with Crippen molar-refractivity contribution in [1.82, 2.24) is 20.2 Å². The van der Waals surface area contributed by atoms with Crippen LogP contribution in [0.2, 0.25) is 5.02 Å². The molecule has 0 aliphatic rings. The zero-order valence-electron chi connectivity index (χ0n) is 10.6. The second-order valence-electron chi connectivity index (χ2n) is 4.44. The van der Waals surface area contributed by atoms with Crippen LogP contribution in [0, 0.1) is 0 Å². The van der Waals surface area contributed by atoms with E-state index in [1.165, 1.54) is 12.4 Å². The molecule has 2 heterocycles. The van der Waals surface area contributed by atoms with Crippen LogP contribution in [0.15, 0.2) is 29.3 Å². The lowest BCUT2D eigenvalue weighted by Crippen LogP contribution is -2.17. The highest BCUT2D eigenvalue weighted by atomic mass is 35.5. The summed E-state index contributed by atoms with van der Waals surface area (Å²) in [6.07, 6.45) is 1.82. The fourth-order valence-corrected chi connectivity index (χ4v) is 2.39. The molecule has 0 atom stereocenters. The highest BCUT2D eigenvalue weighted by molar-refractivity contribution is 6.31. The van der Waals surface area contributed by atoms with Gasteiger partial charge < -0.3 is 10.1 Å². The van der Waals surface area contributed by atoms with E-state index in [0.717, 1.165) is 0 Å². The van der Waals surface area contributed by atoms with Crippen molar-refractivity contribution in [2.24, 2.45) is 0 Å². The Balaban J connectivity index is 2.22. The van der Waals surface area contributed by atoms with Gasteiger partial charge in [0.2, 0.25) is 0 Å². The quantitative estimate of drug-likeness (QED) is 0.680. The SMILES string of the molecule is O=C(O)c1cc2cc(Cl)cc(Cc3nc[nH]n3)c2[nH]c1=O. The van der Waals surface area contributed by atoms with Crippen molar-refractivity contribution in [2.75, 3.05) is 0 Å². The summed E-state index contributed by atoms with van der Waals surface area (Å²) < 4.78 is 0. The molecule has 3 rings (SSSR count). The van der Waals surface area contributed by atoms with Gasteiger partial charge in [-0.1, -0.05) is 11.6 Å².